The van der Waals surface area contributed by atoms with E-state index in [-0.39, 0.29) is 27.8 Å². The topological polar surface area (TPSA) is 136 Å². The number of benzene rings is 2. The van der Waals surface area contributed by atoms with Gasteiger partial charge in [0.1, 0.15) is 4.88 Å². The van der Waals surface area contributed by atoms with Crippen LogP contribution in [0.3, 0.4) is 0 Å². The minimum absolute atomic E-state index is 0.0343. The molecule has 0 aliphatic heterocycles. The van der Waals surface area contributed by atoms with E-state index in [2.05, 4.69) is 5.32 Å². The van der Waals surface area contributed by atoms with E-state index < -0.39 is 33.4 Å². The number of thiophene rings is 1. The van der Waals surface area contributed by atoms with Crippen LogP contribution in [0.5, 0.6) is 0 Å². The van der Waals surface area contributed by atoms with Crippen molar-refractivity contribution < 1.29 is 27.7 Å². The number of amides is 1. The predicted molar refractivity (Wildman–Crippen MR) is 132 cm³/mol. The summed E-state index contributed by atoms with van der Waals surface area (Å²) in [6.07, 6.45) is 0. The molecule has 0 bridgehead atoms. The van der Waals surface area contributed by atoms with Gasteiger partial charge in [-0.3, -0.25) is 14.9 Å². The molecule has 1 aromatic heterocycles. The van der Waals surface area contributed by atoms with Gasteiger partial charge in [0.15, 0.2) is 0 Å². The fourth-order valence-electron chi connectivity index (χ4n) is 3.01. The van der Waals surface area contributed by atoms with Crippen LogP contribution in [0.15, 0.2) is 59.5 Å². The molecule has 0 saturated heterocycles. The Bertz CT molecular complexity index is 1370. The number of nitrogens with one attached hydrogen (secondary N) is 1. The number of halogens is 1. The number of likely N-dealkylation sites (N-methyl/N-ethyl adjacent to an activating group) is 1. The highest BCUT2D eigenvalue weighted by Crippen LogP contribution is 2.36. The minimum atomic E-state index is -3.97. The van der Waals surface area contributed by atoms with Crippen molar-refractivity contribution in [1.29, 1.82) is 0 Å². The first-order chi connectivity index (χ1) is 16.5. The Kier molecular flexibility index (Phi) is 8.22. The Morgan fingerprint density at radius 3 is 2.49 bits per heavy atom. The number of nitro groups is 1. The number of nitrogens with zero attached hydrogens (tertiary/aromatic N) is 2. The highest BCUT2D eigenvalue weighted by Gasteiger charge is 2.25. The van der Waals surface area contributed by atoms with E-state index in [9.17, 15) is 28.1 Å². The molecule has 0 saturated carbocycles. The summed E-state index contributed by atoms with van der Waals surface area (Å²) in [6.45, 7) is 1.19. The Labute approximate surface area is 210 Å². The third-order valence-electron chi connectivity index (χ3n) is 4.70. The molecule has 0 fully saturated rings. The molecule has 10 nitrogen and oxygen atoms in total. The van der Waals surface area contributed by atoms with Gasteiger partial charge in [-0.2, -0.15) is 4.31 Å². The van der Waals surface area contributed by atoms with Gasteiger partial charge in [-0.15, -0.1) is 11.3 Å². The molecule has 3 rings (SSSR count). The average molecular weight is 538 g/mol. The van der Waals surface area contributed by atoms with Crippen molar-refractivity contribution in [1.82, 2.24) is 4.31 Å². The van der Waals surface area contributed by atoms with Gasteiger partial charge in [-0.25, -0.2) is 13.2 Å². The summed E-state index contributed by atoms with van der Waals surface area (Å²) in [6, 6.07) is 12.8. The normalized spacial score (nSPS) is 11.3. The number of rotatable bonds is 9. The quantitative estimate of drug-likeness (QED) is 0.242. The Morgan fingerprint density at radius 1 is 1.17 bits per heavy atom. The number of ether oxygens (including phenoxy) is 1. The molecule has 13 heteroatoms. The fourth-order valence-corrected chi connectivity index (χ4v) is 5.27. The Balaban J connectivity index is 1.86. The third kappa shape index (κ3) is 6.22. The minimum Gasteiger partial charge on any atom is -0.462 e. The fraction of sp³-hybridized carbons (Fsp3) is 0.182. The van der Waals surface area contributed by atoms with Gasteiger partial charge in [0.25, 0.3) is 5.69 Å². The van der Waals surface area contributed by atoms with Crippen LogP contribution < -0.4 is 5.32 Å². The number of esters is 1. The number of non-ortho nitro benzene ring substituents is 1. The van der Waals surface area contributed by atoms with Crippen molar-refractivity contribution >= 4 is 56.2 Å². The van der Waals surface area contributed by atoms with Crippen LogP contribution in [-0.4, -0.2) is 49.7 Å². The first kappa shape index (κ1) is 26.3. The lowest BCUT2D eigenvalue weighted by Gasteiger charge is -2.17. The number of hydrogen-bond donors (Lipinski definition) is 1. The molecule has 0 atom stereocenters. The van der Waals surface area contributed by atoms with Crippen LogP contribution >= 0.6 is 22.9 Å². The SMILES string of the molecule is CCOC(=O)c1sc(-c2cccc([N+](=O)[O-])c2)cc1NC(=O)CN(C)S(=O)(=O)c1ccc(Cl)cc1. The highest BCUT2D eigenvalue weighted by molar-refractivity contribution is 7.89. The number of nitro benzene ring substituents is 1. The van der Waals surface area contributed by atoms with Crippen molar-refractivity contribution in [2.75, 3.05) is 25.5 Å². The van der Waals surface area contributed by atoms with Crippen LogP contribution in [-0.2, 0) is 19.6 Å². The number of hydrogen-bond acceptors (Lipinski definition) is 8. The van der Waals surface area contributed by atoms with Gasteiger partial charge >= 0.3 is 5.97 Å². The van der Waals surface area contributed by atoms with Gasteiger partial charge < -0.3 is 10.1 Å². The van der Waals surface area contributed by atoms with Gasteiger partial charge in [0, 0.05) is 29.1 Å². The molecular formula is C22H20ClN3O7S2. The summed E-state index contributed by atoms with van der Waals surface area (Å²) in [4.78, 5) is 36.3. The summed E-state index contributed by atoms with van der Waals surface area (Å²) in [5.41, 5.74) is 0.447. The van der Waals surface area contributed by atoms with Crippen molar-refractivity contribution in [2.45, 2.75) is 11.8 Å². The highest BCUT2D eigenvalue weighted by atomic mass is 35.5. The van der Waals surface area contributed by atoms with E-state index in [0.29, 0.717) is 15.5 Å². The van der Waals surface area contributed by atoms with Crippen molar-refractivity contribution in [3.63, 3.8) is 0 Å². The number of carbonyl (C=O) groups excluding carboxylic acids is 2. The van der Waals surface area contributed by atoms with Crippen molar-refractivity contribution in [2.24, 2.45) is 0 Å². The predicted octanol–water partition coefficient (Wildman–Crippen LogP) is 4.41. The molecule has 1 amide bonds. The van der Waals surface area contributed by atoms with Crippen LogP contribution in [0.2, 0.25) is 5.02 Å². The second kappa shape index (κ2) is 11.0. The Hall–Kier alpha value is -3.32. The monoisotopic (exact) mass is 537 g/mol. The van der Waals surface area contributed by atoms with Crippen LogP contribution in [0, 0.1) is 10.1 Å². The third-order valence-corrected chi connectivity index (χ3v) is 7.93. The van der Waals surface area contributed by atoms with Gasteiger partial charge in [0.2, 0.25) is 15.9 Å². The largest absolute Gasteiger partial charge is 0.462 e. The summed E-state index contributed by atoms with van der Waals surface area (Å²) < 4.78 is 31.4. The molecule has 0 unspecified atom stereocenters. The van der Waals surface area contributed by atoms with Gasteiger partial charge in [-0.1, -0.05) is 23.7 Å². The lowest BCUT2D eigenvalue weighted by Crippen LogP contribution is -2.35. The molecule has 1 N–H and O–H groups in total. The van der Waals surface area contributed by atoms with Crippen molar-refractivity contribution in [3.05, 3.63) is 74.6 Å². The summed E-state index contributed by atoms with van der Waals surface area (Å²) >= 11 is 6.80. The zero-order chi connectivity index (χ0) is 25.8. The lowest BCUT2D eigenvalue weighted by molar-refractivity contribution is -0.384. The molecule has 184 valence electrons. The standard InChI is InChI=1S/C22H20ClN3O7S2/c1-3-33-22(28)21-18(12-19(34-21)14-5-4-6-16(11-14)26(29)30)24-20(27)13-25(2)35(31,32)17-9-7-15(23)8-10-17/h4-12H,3,13H2,1-2H3,(H,24,27). The van der Waals surface area contributed by atoms with E-state index in [1.807, 2.05) is 0 Å². The summed E-state index contributed by atoms with van der Waals surface area (Å²) in [5, 5.41) is 14.0. The molecule has 0 aliphatic rings. The zero-order valence-electron chi connectivity index (χ0n) is 18.6. The van der Waals surface area contributed by atoms with Crippen LogP contribution in [0.4, 0.5) is 11.4 Å². The van der Waals surface area contributed by atoms with Crippen LogP contribution in [0.1, 0.15) is 16.6 Å². The lowest BCUT2D eigenvalue weighted by atomic mass is 10.1. The molecular weight excluding hydrogens is 518 g/mol. The summed E-state index contributed by atoms with van der Waals surface area (Å²) in [7, 11) is -2.72. The Morgan fingerprint density at radius 2 is 1.86 bits per heavy atom. The van der Waals surface area contributed by atoms with Crippen LogP contribution in [0.25, 0.3) is 10.4 Å². The van der Waals surface area contributed by atoms with E-state index in [1.165, 1.54) is 55.6 Å². The molecule has 0 spiro atoms. The first-order valence-corrected chi connectivity index (χ1v) is 12.7. The number of sulfonamides is 1. The first-order valence-electron chi connectivity index (χ1n) is 10.1. The van der Waals surface area contributed by atoms with Gasteiger partial charge in [-0.05, 0) is 42.8 Å². The molecule has 2 aromatic carbocycles. The van der Waals surface area contributed by atoms with E-state index in [1.54, 1.807) is 13.0 Å². The maximum absolute atomic E-state index is 12.7. The molecule has 3 aromatic rings. The van der Waals surface area contributed by atoms with E-state index in [4.69, 9.17) is 16.3 Å². The van der Waals surface area contributed by atoms with Crippen molar-refractivity contribution in [3.8, 4) is 10.4 Å². The van der Waals surface area contributed by atoms with Gasteiger partial charge in [0.05, 0.1) is 28.7 Å². The molecule has 0 aliphatic carbocycles. The van der Waals surface area contributed by atoms with E-state index in [0.717, 1.165) is 15.6 Å². The molecule has 35 heavy (non-hydrogen) atoms. The number of anilines is 1. The maximum Gasteiger partial charge on any atom is 0.350 e. The number of carbonyl (C=O) groups is 2. The zero-order valence-corrected chi connectivity index (χ0v) is 20.9. The molecule has 0 radical (unpaired) electrons. The molecule has 1 heterocycles. The summed E-state index contributed by atoms with van der Waals surface area (Å²) in [5.74, 6) is -1.38. The second-order valence-corrected chi connectivity index (χ2v) is 10.7. The maximum atomic E-state index is 12.7. The average Bonchev–Trinajstić information content (AvgIpc) is 3.23. The van der Waals surface area contributed by atoms with E-state index >= 15 is 0 Å². The second-order valence-electron chi connectivity index (χ2n) is 7.14. The smallest absolute Gasteiger partial charge is 0.350 e.